The van der Waals surface area contributed by atoms with Gasteiger partial charge in [0.25, 0.3) is 0 Å². The lowest BCUT2D eigenvalue weighted by Crippen LogP contribution is -2.30. The maximum Gasteiger partial charge on any atom is 0.0600 e. The lowest BCUT2D eigenvalue weighted by Gasteiger charge is -2.29. The summed E-state index contributed by atoms with van der Waals surface area (Å²) in [5, 5.41) is 0.686. The third-order valence-corrected chi connectivity index (χ3v) is 3.08. The summed E-state index contributed by atoms with van der Waals surface area (Å²) >= 11 is 5.89. The minimum absolute atomic E-state index is 0.475. The quantitative estimate of drug-likeness (QED) is 0.812. The van der Waals surface area contributed by atoms with Gasteiger partial charge < -0.3 is 10.6 Å². The monoisotopic (exact) mass is 240 g/mol. The number of nitrogen functional groups attached to an aromatic ring is 1. The largest absolute Gasteiger partial charge is 0.397 e. The van der Waals surface area contributed by atoms with Crippen molar-refractivity contribution in [2.24, 2.45) is 5.92 Å². The SMILES string of the molecule is CC(C)CC(C)N(C)c1ccc(Cl)cc1N. The van der Waals surface area contributed by atoms with Crippen molar-refractivity contribution in [1.82, 2.24) is 0 Å². The molecule has 1 aromatic rings. The lowest BCUT2D eigenvalue weighted by atomic mass is 10.0. The first-order chi connectivity index (χ1) is 7.41. The van der Waals surface area contributed by atoms with Crippen molar-refractivity contribution in [3.63, 3.8) is 0 Å². The molecule has 90 valence electrons. The van der Waals surface area contributed by atoms with Crippen LogP contribution in [0.2, 0.25) is 5.02 Å². The molecule has 2 nitrogen and oxygen atoms in total. The summed E-state index contributed by atoms with van der Waals surface area (Å²) in [7, 11) is 2.08. The van der Waals surface area contributed by atoms with Crippen LogP contribution < -0.4 is 10.6 Å². The van der Waals surface area contributed by atoms with Crippen LogP contribution in [0.1, 0.15) is 27.2 Å². The maximum absolute atomic E-state index is 5.96. The third kappa shape index (κ3) is 3.31. The van der Waals surface area contributed by atoms with E-state index in [2.05, 4.69) is 32.7 Å². The van der Waals surface area contributed by atoms with Gasteiger partial charge in [-0.05, 0) is 37.5 Å². The van der Waals surface area contributed by atoms with Gasteiger partial charge in [-0.3, -0.25) is 0 Å². The van der Waals surface area contributed by atoms with E-state index in [0.29, 0.717) is 17.0 Å². The zero-order valence-corrected chi connectivity index (χ0v) is 11.3. The molecule has 1 unspecified atom stereocenters. The van der Waals surface area contributed by atoms with Crippen LogP contribution in [0.25, 0.3) is 0 Å². The van der Waals surface area contributed by atoms with E-state index in [4.69, 9.17) is 17.3 Å². The molecule has 0 aromatic heterocycles. The predicted molar refractivity (Wildman–Crippen MR) is 73.2 cm³/mol. The number of nitrogens with two attached hydrogens (primary N) is 1. The molecule has 0 aliphatic heterocycles. The minimum Gasteiger partial charge on any atom is -0.397 e. The number of nitrogens with zero attached hydrogens (tertiary/aromatic N) is 1. The molecule has 0 heterocycles. The number of hydrogen-bond donors (Lipinski definition) is 1. The minimum atomic E-state index is 0.475. The highest BCUT2D eigenvalue weighted by Gasteiger charge is 2.13. The Morgan fingerprint density at radius 3 is 2.44 bits per heavy atom. The average molecular weight is 241 g/mol. The van der Waals surface area contributed by atoms with Gasteiger partial charge in [0.05, 0.1) is 11.4 Å². The highest BCUT2D eigenvalue weighted by Crippen LogP contribution is 2.28. The first-order valence-corrected chi connectivity index (χ1v) is 6.07. The normalized spacial score (nSPS) is 12.9. The Morgan fingerprint density at radius 1 is 1.31 bits per heavy atom. The highest BCUT2D eigenvalue weighted by molar-refractivity contribution is 6.31. The second-order valence-corrected chi connectivity index (χ2v) is 5.23. The molecule has 2 N–H and O–H groups in total. The molecule has 1 rings (SSSR count). The van der Waals surface area contributed by atoms with Crippen LogP contribution in [0.4, 0.5) is 11.4 Å². The fraction of sp³-hybridized carbons (Fsp3) is 0.538. The Balaban J connectivity index is 2.83. The van der Waals surface area contributed by atoms with Crippen molar-refractivity contribution < 1.29 is 0 Å². The average Bonchev–Trinajstić information content (AvgIpc) is 2.15. The molecule has 0 saturated heterocycles. The number of halogens is 1. The number of anilines is 2. The van der Waals surface area contributed by atoms with Crippen LogP contribution in [0, 0.1) is 5.92 Å². The van der Waals surface area contributed by atoms with Crippen molar-refractivity contribution in [3.05, 3.63) is 23.2 Å². The molecular formula is C13H21ClN2. The fourth-order valence-corrected chi connectivity index (χ4v) is 2.10. The molecule has 1 aromatic carbocycles. The zero-order valence-electron chi connectivity index (χ0n) is 10.5. The first kappa shape index (κ1) is 13.2. The first-order valence-electron chi connectivity index (χ1n) is 5.69. The number of benzene rings is 1. The van der Waals surface area contributed by atoms with E-state index < -0.39 is 0 Å². The number of rotatable bonds is 4. The molecule has 0 spiro atoms. The van der Waals surface area contributed by atoms with Crippen LogP contribution in [0.5, 0.6) is 0 Å². The molecular weight excluding hydrogens is 220 g/mol. The smallest absolute Gasteiger partial charge is 0.0600 e. The van der Waals surface area contributed by atoms with Crippen LogP contribution in [0.3, 0.4) is 0 Å². The molecule has 0 amide bonds. The van der Waals surface area contributed by atoms with Crippen LogP contribution in [-0.2, 0) is 0 Å². The van der Waals surface area contributed by atoms with E-state index in [9.17, 15) is 0 Å². The fourth-order valence-electron chi connectivity index (χ4n) is 1.92. The third-order valence-electron chi connectivity index (χ3n) is 2.84. The molecule has 3 heteroatoms. The standard InChI is InChI=1S/C13H21ClN2/c1-9(2)7-10(3)16(4)13-6-5-11(14)8-12(13)15/h5-6,8-10H,7,15H2,1-4H3. The Kier molecular flexibility index (Phi) is 4.48. The highest BCUT2D eigenvalue weighted by atomic mass is 35.5. The predicted octanol–water partition coefficient (Wildman–Crippen LogP) is 3.79. The molecule has 0 fully saturated rings. The Bertz CT molecular complexity index is 350. The van der Waals surface area contributed by atoms with Gasteiger partial charge in [0.15, 0.2) is 0 Å². The van der Waals surface area contributed by atoms with Crippen LogP contribution in [0.15, 0.2) is 18.2 Å². The van der Waals surface area contributed by atoms with Crippen molar-refractivity contribution in [2.45, 2.75) is 33.2 Å². The van der Waals surface area contributed by atoms with Gasteiger partial charge in [-0.2, -0.15) is 0 Å². The Morgan fingerprint density at radius 2 is 1.94 bits per heavy atom. The van der Waals surface area contributed by atoms with E-state index in [1.807, 2.05) is 12.1 Å². The van der Waals surface area contributed by atoms with Crippen molar-refractivity contribution in [2.75, 3.05) is 17.7 Å². The van der Waals surface area contributed by atoms with E-state index in [-0.39, 0.29) is 0 Å². The summed E-state index contributed by atoms with van der Waals surface area (Å²) in [6, 6.07) is 6.14. The topological polar surface area (TPSA) is 29.3 Å². The Hall–Kier alpha value is -0.890. The number of hydrogen-bond acceptors (Lipinski definition) is 2. The summed E-state index contributed by atoms with van der Waals surface area (Å²) in [5.41, 5.74) is 7.76. The summed E-state index contributed by atoms with van der Waals surface area (Å²) in [5.74, 6) is 0.686. The van der Waals surface area contributed by atoms with Gasteiger partial charge >= 0.3 is 0 Å². The molecule has 1 atom stereocenters. The Labute approximate surface area is 103 Å². The molecule has 0 aliphatic carbocycles. The summed E-state index contributed by atoms with van der Waals surface area (Å²) in [4.78, 5) is 2.21. The van der Waals surface area contributed by atoms with E-state index in [1.54, 1.807) is 6.07 Å². The molecule has 0 radical (unpaired) electrons. The van der Waals surface area contributed by atoms with Gasteiger partial charge in [-0.25, -0.2) is 0 Å². The van der Waals surface area contributed by atoms with Crippen molar-refractivity contribution in [3.8, 4) is 0 Å². The van der Waals surface area contributed by atoms with Crippen LogP contribution in [-0.4, -0.2) is 13.1 Å². The van der Waals surface area contributed by atoms with E-state index >= 15 is 0 Å². The lowest BCUT2D eigenvalue weighted by molar-refractivity contribution is 0.504. The van der Waals surface area contributed by atoms with Gasteiger partial charge in [-0.1, -0.05) is 25.4 Å². The zero-order chi connectivity index (χ0) is 12.3. The van der Waals surface area contributed by atoms with Crippen LogP contribution >= 0.6 is 11.6 Å². The summed E-state index contributed by atoms with van der Waals surface area (Å²) < 4.78 is 0. The van der Waals surface area contributed by atoms with Gasteiger partial charge in [-0.15, -0.1) is 0 Å². The summed E-state index contributed by atoms with van der Waals surface area (Å²) in [6.07, 6.45) is 1.15. The van der Waals surface area contributed by atoms with E-state index in [0.717, 1.165) is 17.8 Å². The molecule has 0 aliphatic rings. The second-order valence-electron chi connectivity index (χ2n) is 4.79. The second kappa shape index (κ2) is 5.44. The van der Waals surface area contributed by atoms with Crippen molar-refractivity contribution >= 4 is 23.0 Å². The molecule has 0 bridgehead atoms. The maximum atomic E-state index is 5.96. The molecule has 16 heavy (non-hydrogen) atoms. The van der Waals surface area contributed by atoms with Crippen molar-refractivity contribution in [1.29, 1.82) is 0 Å². The summed E-state index contributed by atoms with van der Waals surface area (Å²) in [6.45, 7) is 6.68. The molecule has 0 saturated carbocycles. The van der Waals surface area contributed by atoms with Gasteiger partial charge in [0.2, 0.25) is 0 Å². The van der Waals surface area contributed by atoms with E-state index in [1.165, 1.54) is 0 Å². The van der Waals surface area contributed by atoms with Gasteiger partial charge in [0.1, 0.15) is 0 Å². The van der Waals surface area contributed by atoms with Gasteiger partial charge in [0, 0.05) is 18.1 Å².